The van der Waals surface area contributed by atoms with Gasteiger partial charge in [0.25, 0.3) is 5.91 Å². The second kappa shape index (κ2) is 7.38. The molecule has 8 nitrogen and oxygen atoms in total. The van der Waals surface area contributed by atoms with E-state index in [1.165, 1.54) is 42.6 Å². The minimum absolute atomic E-state index is 0.0637. The summed E-state index contributed by atoms with van der Waals surface area (Å²) in [4.78, 5) is 27.0. The van der Waals surface area contributed by atoms with Crippen molar-refractivity contribution in [2.24, 2.45) is 17.8 Å². The SMILES string of the molecule is O=C(O)CNC(=O)c1c(O)cc(SCCC2CC3CCC2C3)n2ncnc12. The van der Waals surface area contributed by atoms with Gasteiger partial charge in [0, 0.05) is 6.07 Å². The van der Waals surface area contributed by atoms with Gasteiger partial charge in [-0.15, -0.1) is 11.8 Å². The van der Waals surface area contributed by atoms with Gasteiger partial charge in [0.2, 0.25) is 0 Å². The molecule has 3 atom stereocenters. The number of aromatic hydroxyl groups is 1. The molecule has 2 aliphatic rings. The molecule has 2 heterocycles. The lowest BCUT2D eigenvalue weighted by Gasteiger charge is -2.21. The van der Waals surface area contributed by atoms with E-state index in [2.05, 4.69) is 15.4 Å². The van der Waals surface area contributed by atoms with Crippen LogP contribution in [0.15, 0.2) is 17.4 Å². The van der Waals surface area contributed by atoms with Gasteiger partial charge in [-0.3, -0.25) is 9.59 Å². The maximum atomic E-state index is 12.2. The molecular formula is C18H22N4O4S. The van der Waals surface area contributed by atoms with E-state index < -0.39 is 18.4 Å². The molecular weight excluding hydrogens is 368 g/mol. The van der Waals surface area contributed by atoms with Crippen molar-refractivity contribution >= 4 is 29.3 Å². The number of thioether (sulfide) groups is 1. The Balaban J connectivity index is 1.47. The highest BCUT2D eigenvalue weighted by Gasteiger charge is 2.38. The minimum Gasteiger partial charge on any atom is -0.507 e. The quantitative estimate of drug-likeness (QED) is 0.620. The number of rotatable bonds is 7. The Kier molecular flexibility index (Phi) is 4.94. The van der Waals surface area contributed by atoms with Crippen molar-refractivity contribution in [1.82, 2.24) is 19.9 Å². The van der Waals surface area contributed by atoms with E-state index in [1.807, 2.05) is 0 Å². The summed E-state index contributed by atoms with van der Waals surface area (Å²) < 4.78 is 1.53. The Morgan fingerprint density at radius 3 is 2.89 bits per heavy atom. The van der Waals surface area contributed by atoms with Crippen molar-refractivity contribution < 1.29 is 19.8 Å². The van der Waals surface area contributed by atoms with Crippen LogP contribution < -0.4 is 5.32 Å². The topological polar surface area (TPSA) is 117 Å². The summed E-state index contributed by atoms with van der Waals surface area (Å²) in [6.07, 6.45) is 7.97. The molecule has 27 heavy (non-hydrogen) atoms. The van der Waals surface area contributed by atoms with E-state index >= 15 is 0 Å². The number of carbonyl (C=O) groups excluding carboxylic acids is 1. The standard InChI is InChI=1S/C18H22N4O4S/c23-13-7-14(27-4-3-12-6-10-1-2-11(12)5-10)22-17(20-9-21-22)16(13)18(26)19-8-15(24)25/h7,9-12,23H,1-6,8H2,(H,19,26)(H,24,25). The van der Waals surface area contributed by atoms with Gasteiger partial charge >= 0.3 is 5.97 Å². The fourth-order valence-corrected chi connectivity index (χ4v) is 5.63. The van der Waals surface area contributed by atoms with Crippen LogP contribution in [-0.4, -0.2) is 49.0 Å². The third-order valence-electron chi connectivity index (χ3n) is 5.75. The van der Waals surface area contributed by atoms with Gasteiger partial charge in [-0.2, -0.15) is 5.10 Å². The Morgan fingerprint density at radius 1 is 1.33 bits per heavy atom. The molecule has 1 amide bonds. The monoisotopic (exact) mass is 390 g/mol. The average Bonchev–Trinajstić information content (AvgIpc) is 3.36. The number of nitrogens with zero attached hydrogens (tertiary/aromatic N) is 3. The molecule has 2 fully saturated rings. The molecule has 2 aromatic heterocycles. The normalized spacial score (nSPS) is 23.8. The zero-order chi connectivity index (χ0) is 19.0. The van der Waals surface area contributed by atoms with Crippen LogP contribution in [0.4, 0.5) is 0 Å². The predicted octanol–water partition coefficient (Wildman–Crippen LogP) is 2.17. The Labute approximate surface area is 160 Å². The molecule has 0 spiro atoms. The smallest absolute Gasteiger partial charge is 0.322 e. The average molecular weight is 390 g/mol. The van der Waals surface area contributed by atoms with Crippen molar-refractivity contribution in [1.29, 1.82) is 0 Å². The van der Waals surface area contributed by atoms with E-state index in [1.54, 1.807) is 11.8 Å². The number of aromatic nitrogens is 3. The molecule has 2 bridgehead atoms. The van der Waals surface area contributed by atoms with Crippen LogP contribution in [0, 0.1) is 17.8 Å². The fourth-order valence-electron chi connectivity index (χ4n) is 4.55. The Morgan fingerprint density at radius 2 is 2.19 bits per heavy atom. The maximum Gasteiger partial charge on any atom is 0.322 e. The lowest BCUT2D eigenvalue weighted by atomic mass is 9.87. The molecule has 0 aromatic carbocycles. The highest BCUT2D eigenvalue weighted by Crippen LogP contribution is 2.50. The maximum absolute atomic E-state index is 12.2. The lowest BCUT2D eigenvalue weighted by molar-refractivity contribution is -0.135. The fraction of sp³-hybridized carbons (Fsp3) is 0.556. The van der Waals surface area contributed by atoms with Crippen LogP contribution in [-0.2, 0) is 4.79 Å². The molecule has 2 saturated carbocycles. The van der Waals surface area contributed by atoms with Gasteiger partial charge in [0.05, 0.1) is 0 Å². The second-order valence-electron chi connectivity index (χ2n) is 7.39. The van der Waals surface area contributed by atoms with Gasteiger partial charge in [-0.25, -0.2) is 9.50 Å². The molecule has 144 valence electrons. The molecule has 2 aromatic rings. The number of carboxylic acids is 1. The minimum atomic E-state index is -1.16. The zero-order valence-electron chi connectivity index (χ0n) is 14.8. The first-order chi connectivity index (χ1) is 13.0. The summed E-state index contributed by atoms with van der Waals surface area (Å²) in [6, 6.07) is 1.50. The summed E-state index contributed by atoms with van der Waals surface area (Å²) in [7, 11) is 0. The van der Waals surface area contributed by atoms with Gasteiger partial charge in [0.1, 0.15) is 29.2 Å². The van der Waals surface area contributed by atoms with Gasteiger partial charge < -0.3 is 15.5 Å². The highest BCUT2D eigenvalue weighted by atomic mass is 32.2. The summed E-state index contributed by atoms with van der Waals surface area (Å²) in [5, 5.41) is 26.2. The van der Waals surface area contributed by atoms with Crippen LogP contribution in [0.5, 0.6) is 5.75 Å². The summed E-state index contributed by atoms with van der Waals surface area (Å²) in [5.41, 5.74) is 0.159. The summed E-state index contributed by atoms with van der Waals surface area (Å²) >= 11 is 1.60. The number of hydrogen-bond acceptors (Lipinski definition) is 6. The van der Waals surface area contributed by atoms with E-state index in [-0.39, 0.29) is 17.0 Å². The predicted molar refractivity (Wildman–Crippen MR) is 98.9 cm³/mol. The molecule has 0 aliphatic heterocycles. The van der Waals surface area contributed by atoms with Crippen LogP contribution in [0.3, 0.4) is 0 Å². The van der Waals surface area contributed by atoms with Crippen LogP contribution in [0.1, 0.15) is 42.5 Å². The first kappa shape index (κ1) is 18.1. The van der Waals surface area contributed by atoms with Crippen molar-refractivity contribution in [2.75, 3.05) is 12.3 Å². The van der Waals surface area contributed by atoms with Gasteiger partial charge in [-0.1, -0.05) is 6.42 Å². The molecule has 3 unspecified atom stereocenters. The van der Waals surface area contributed by atoms with Crippen molar-refractivity contribution in [3.05, 3.63) is 18.0 Å². The number of fused-ring (bicyclic) bond motifs is 3. The van der Waals surface area contributed by atoms with E-state index in [0.29, 0.717) is 0 Å². The number of aliphatic carboxylic acids is 1. The number of amides is 1. The molecule has 0 saturated heterocycles. The van der Waals surface area contributed by atoms with Crippen molar-refractivity contribution in [2.45, 2.75) is 37.1 Å². The second-order valence-corrected chi connectivity index (χ2v) is 8.50. The Bertz CT molecular complexity index is 884. The number of nitrogens with one attached hydrogen (secondary N) is 1. The molecule has 9 heteroatoms. The van der Waals surface area contributed by atoms with E-state index in [4.69, 9.17) is 5.11 Å². The first-order valence-electron chi connectivity index (χ1n) is 9.21. The Hall–Kier alpha value is -2.29. The highest BCUT2D eigenvalue weighted by molar-refractivity contribution is 7.99. The van der Waals surface area contributed by atoms with Crippen molar-refractivity contribution in [3.8, 4) is 5.75 Å². The van der Waals surface area contributed by atoms with Crippen LogP contribution in [0.2, 0.25) is 0 Å². The lowest BCUT2D eigenvalue weighted by Crippen LogP contribution is -2.29. The molecule has 3 N–H and O–H groups in total. The molecule has 2 aliphatic carbocycles. The summed E-state index contributed by atoms with van der Waals surface area (Å²) in [6.45, 7) is -0.529. The first-order valence-corrected chi connectivity index (χ1v) is 10.2. The third-order valence-corrected chi connectivity index (χ3v) is 6.77. The van der Waals surface area contributed by atoms with Crippen LogP contribution >= 0.6 is 11.8 Å². The third kappa shape index (κ3) is 3.60. The zero-order valence-corrected chi connectivity index (χ0v) is 15.6. The number of carboxylic acid groups (broad SMARTS) is 1. The van der Waals surface area contributed by atoms with E-state index in [0.717, 1.165) is 35.0 Å². The number of pyridine rings is 1. The van der Waals surface area contributed by atoms with Crippen LogP contribution in [0.25, 0.3) is 5.65 Å². The summed E-state index contributed by atoms with van der Waals surface area (Å²) in [5.74, 6) is 1.47. The number of carbonyl (C=O) groups is 2. The van der Waals surface area contributed by atoms with E-state index in [9.17, 15) is 14.7 Å². The number of hydrogen-bond donors (Lipinski definition) is 3. The van der Waals surface area contributed by atoms with Gasteiger partial charge in [0.15, 0.2) is 5.65 Å². The van der Waals surface area contributed by atoms with Crippen molar-refractivity contribution in [3.63, 3.8) is 0 Å². The largest absolute Gasteiger partial charge is 0.507 e. The molecule has 4 rings (SSSR count). The molecule has 0 radical (unpaired) electrons. The van der Waals surface area contributed by atoms with Gasteiger partial charge in [-0.05, 0) is 49.2 Å².